The first-order valence-corrected chi connectivity index (χ1v) is 16.2. The molecule has 6 aromatic rings. The molecular formula is C42H23ClF4N4Zn. The average Bonchev–Trinajstić information content (AvgIpc) is 3.96. The topological polar surface area (TPSA) is 54.0 Å². The number of aromatic nitrogens is 4. The monoisotopic (exact) mass is 758 g/mol. The zero-order chi connectivity index (χ0) is 35.2. The van der Waals surface area contributed by atoms with Gasteiger partial charge in [-0.3, -0.25) is 0 Å². The summed E-state index contributed by atoms with van der Waals surface area (Å²) >= 11 is 5.11. The van der Waals surface area contributed by atoms with Crippen molar-refractivity contribution in [2.45, 2.75) is 11.3 Å². The molecular weight excluding hydrogens is 737 g/mol. The van der Waals surface area contributed by atoms with Crippen LogP contribution in [0.2, 0.25) is 0 Å². The number of hydrogen-bond donors (Lipinski definition) is 0. The van der Waals surface area contributed by atoms with Crippen LogP contribution in [0.3, 0.4) is 0 Å². The van der Waals surface area contributed by atoms with Gasteiger partial charge in [0.25, 0.3) is 0 Å². The predicted molar refractivity (Wildman–Crippen MR) is 195 cm³/mol. The van der Waals surface area contributed by atoms with Crippen LogP contribution in [0.1, 0.15) is 39.5 Å². The van der Waals surface area contributed by atoms with Gasteiger partial charge in [0, 0.05) is 16.7 Å². The molecule has 52 heavy (non-hydrogen) atoms. The average molecular weight is 761 g/mol. The van der Waals surface area contributed by atoms with Crippen LogP contribution in [-0.4, -0.2) is 15.3 Å². The van der Waals surface area contributed by atoms with E-state index in [9.17, 15) is 8.78 Å². The summed E-state index contributed by atoms with van der Waals surface area (Å²) in [6.45, 7) is 0. The van der Waals surface area contributed by atoms with E-state index in [0.717, 1.165) is 5.56 Å². The van der Waals surface area contributed by atoms with Gasteiger partial charge in [-0.25, -0.2) is 9.97 Å². The third-order valence-corrected chi connectivity index (χ3v) is 8.75. The molecule has 0 saturated heterocycles. The Hall–Kier alpha value is -5.55. The van der Waals surface area contributed by atoms with E-state index in [-0.39, 0.29) is 30.7 Å². The molecule has 8 bridgehead atoms. The SMILES string of the molecule is FC(F)(Cl)C(F)(F)c1c2nc(c(-c3ccccc3)c3ccc([n-]3)c(C#Cc3ccccc3)c3nc(c(-c4ccccc4)c4ccc1[n-]4)C=C3)C=C2.[Zn+2]. The Kier molecular flexibility index (Phi) is 9.31. The normalized spacial score (nSPS) is 12.2. The standard InChI is InChI=1S/C42H23ClF4N4.Zn/c43-42(46,47)41(44,45)40-36-24-22-34(50-36)38(27-12-6-2-7-13-27)32-20-18-30(48-32)29(17-16-26-10-4-1-5-11-26)31-19-21-33(49-31)39(28-14-8-3-9-15-28)35-23-25-37(40)51-35;/h1-15,18-25H;/q-2;+2. The Morgan fingerprint density at radius 2 is 0.942 bits per heavy atom. The minimum absolute atomic E-state index is 0. The van der Waals surface area contributed by atoms with E-state index >= 15 is 8.78 Å². The Bertz CT molecular complexity index is 2560. The quantitative estimate of drug-likeness (QED) is 0.0776. The maximum Gasteiger partial charge on any atom is 2.00 e. The van der Waals surface area contributed by atoms with Crippen molar-refractivity contribution in [2.24, 2.45) is 0 Å². The second-order valence-electron chi connectivity index (χ2n) is 11.8. The molecule has 0 N–H and O–H groups in total. The van der Waals surface area contributed by atoms with Crippen LogP contribution in [0.5, 0.6) is 0 Å². The fraction of sp³-hybridized carbons (Fsp3) is 0.0476. The van der Waals surface area contributed by atoms with Crippen molar-refractivity contribution >= 4 is 58.0 Å². The summed E-state index contributed by atoms with van der Waals surface area (Å²) < 4.78 is 60.8. The maximum atomic E-state index is 15.8. The van der Waals surface area contributed by atoms with Crippen molar-refractivity contribution in [3.63, 3.8) is 0 Å². The number of halogens is 5. The van der Waals surface area contributed by atoms with E-state index in [1.165, 1.54) is 24.3 Å². The summed E-state index contributed by atoms with van der Waals surface area (Å²) in [5, 5.41) is -4.95. The molecule has 0 amide bonds. The molecule has 0 unspecified atom stereocenters. The van der Waals surface area contributed by atoms with Gasteiger partial charge in [0.1, 0.15) is 0 Å². The molecule has 2 aliphatic heterocycles. The van der Waals surface area contributed by atoms with Gasteiger partial charge in [0.2, 0.25) is 0 Å². The second-order valence-corrected chi connectivity index (χ2v) is 12.3. The van der Waals surface area contributed by atoms with Crippen LogP contribution < -0.4 is 9.97 Å². The van der Waals surface area contributed by atoms with Crippen LogP contribution in [-0.2, 0) is 25.4 Å². The van der Waals surface area contributed by atoms with E-state index < -0.39 is 28.1 Å². The number of fused-ring (bicyclic) bond motifs is 8. The van der Waals surface area contributed by atoms with Crippen LogP contribution in [0, 0.1) is 11.8 Å². The van der Waals surface area contributed by atoms with Gasteiger partial charge in [-0.05, 0) is 70.3 Å². The van der Waals surface area contributed by atoms with E-state index in [1.807, 2.05) is 103 Å². The van der Waals surface area contributed by atoms with Gasteiger partial charge < -0.3 is 9.97 Å². The fourth-order valence-electron chi connectivity index (χ4n) is 6.14. The molecule has 248 valence electrons. The fourth-order valence-corrected chi connectivity index (χ4v) is 6.23. The first-order chi connectivity index (χ1) is 24.7. The maximum absolute atomic E-state index is 15.8. The van der Waals surface area contributed by atoms with Gasteiger partial charge in [-0.2, -0.15) is 17.6 Å². The van der Waals surface area contributed by atoms with Crippen molar-refractivity contribution in [1.82, 2.24) is 19.9 Å². The van der Waals surface area contributed by atoms with E-state index in [0.29, 0.717) is 50.2 Å². The Morgan fingerprint density at radius 1 is 0.500 bits per heavy atom. The van der Waals surface area contributed by atoms with Crippen molar-refractivity contribution in [3.05, 3.63) is 155 Å². The van der Waals surface area contributed by atoms with E-state index in [4.69, 9.17) is 21.6 Å². The van der Waals surface area contributed by atoms with Crippen molar-refractivity contribution in [1.29, 1.82) is 0 Å². The summed E-state index contributed by atoms with van der Waals surface area (Å²) in [6.07, 6.45) is 6.38. The summed E-state index contributed by atoms with van der Waals surface area (Å²) in [5.74, 6) is 1.68. The number of hydrogen-bond acceptors (Lipinski definition) is 2. The molecule has 3 aromatic carbocycles. The van der Waals surface area contributed by atoms with Crippen LogP contribution in [0.25, 0.3) is 68.6 Å². The molecule has 4 nitrogen and oxygen atoms in total. The zero-order valence-electron chi connectivity index (χ0n) is 27.2. The minimum atomic E-state index is -4.95. The number of alkyl halides is 5. The van der Waals surface area contributed by atoms with E-state index in [2.05, 4.69) is 21.8 Å². The number of rotatable bonds is 4. The van der Waals surface area contributed by atoms with Gasteiger partial charge in [0.05, 0.1) is 22.8 Å². The molecule has 0 fully saturated rings. The minimum Gasteiger partial charge on any atom is -0.657 e. The smallest absolute Gasteiger partial charge is 0.657 e. The molecule has 0 atom stereocenters. The zero-order valence-corrected chi connectivity index (χ0v) is 30.9. The Morgan fingerprint density at radius 3 is 1.50 bits per heavy atom. The second kappa shape index (κ2) is 13.9. The third-order valence-electron chi connectivity index (χ3n) is 8.51. The molecule has 5 heterocycles. The van der Waals surface area contributed by atoms with Crippen molar-refractivity contribution in [2.75, 3.05) is 0 Å². The molecule has 0 radical (unpaired) electrons. The molecule has 0 saturated carbocycles. The molecule has 0 aliphatic carbocycles. The van der Waals surface area contributed by atoms with Gasteiger partial charge in [0.15, 0.2) is 0 Å². The molecule has 2 aliphatic rings. The molecule has 8 rings (SSSR count). The first kappa shape index (κ1) is 34.9. The van der Waals surface area contributed by atoms with Crippen molar-refractivity contribution in [3.8, 4) is 34.1 Å². The van der Waals surface area contributed by atoms with Crippen LogP contribution in [0.15, 0.2) is 115 Å². The summed E-state index contributed by atoms with van der Waals surface area (Å²) in [4.78, 5) is 19.0. The van der Waals surface area contributed by atoms with E-state index in [1.54, 1.807) is 12.1 Å². The summed E-state index contributed by atoms with van der Waals surface area (Å²) in [5.41, 5.74) is 4.33. The first-order valence-electron chi connectivity index (χ1n) is 15.9. The molecule has 0 spiro atoms. The number of benzene rings is 3. The van der Waals surface area contributed by atoms with Gasteiger partial charge in [-0.15, -0.1) is 22.1 Å². The Balaban J connectivity index is 0.00000420. The van der Waals surface area contributed by atoms with Crippen LogP contribution >= 0.6 is 11.6 Å². The third kappa shape index (κ3) is 6.41. The Labute approximate surface area is 313 Å². The number of nitrogens with zero attached hydrogens (tertiary/aromatic N) is 4. The largest absolute Gasteiger partial charge is 2.00 e. The molecule has 10 heteroatoms. The van der Waals surface area contributed by atoms with Gasteiger partial charge in [-0.1, -0.05) is 115 Å². The summed E-state index contributed by atoms with van der Waals surface area (Å²) in [6, 6.07) is 34.2. The van der Waals surface area contributed by atoms with Gasteiger partial charge >= 0.3 is 30.8 Å². The molecule has 3 aromatic heterocycles. The summed E-state index contributed by atoms with van der Waals surface area (Å²) in [7, 11) is 0. The predicted octanol–water partition coefficient (Wildman–Crippen LogP) is 10.6. The van der Waals surface area contributed by atoms with Crippen molar-refractivity contribution < 1.29 is 37.0 Å². The van der Waals surface area contributed by atoms with Crippen LogP contribution in [0.4, 0.5) is 17.6 Å².